The summed E-state index contributed by atoms with van der Waals surface area (Å²) in [4.78, 5) is 0. The molecule has 0 bridgehead atoms. The fourth-order valence-corrected chi connectivity index (χ4v) is 2.36. The Morgan fingerprint density at radius 2 is 2.00 bits per heavy atom. The van der Waals surface area contributed by atoms with Crippen LogP contribution in [0.15, 0.2) is 46.9 Å². The molecule has 2 aromatic rings. The first-order chi connectivity index (χ1) is 10.1. The van der Waals surface area contributed by atoms with E-state index >= 15 is 0 Å². The maximum Gasteiger partial charge on any atom is 0.171 e. The normalized spacial score (nSPS) is 10.0. The molecule has 2 N–H and O–H groups in total. The molecule has 0 aliphatic rings. The summed E-state index contributed by atoms with van der Waals surface area (Å²) < 4.78 is 6.40. The van der Waals surface area contributed by atoms with Crippen LogP contribution in [-0.4, -0.2) is 12.2 Å². The molecule has 110 valence electrons. The Labute approximate surface area is 138 Å². The van der Waals surface area contributed by atoms with Crippen LogP contribution in [0, 0.1) is 6.92 Å². The molecular weight excluding hydrogens is 348 g/mol. The summed E-state index contributed by atoms with van der Waals surface area (Å²) in [6.07, 6.45) is 0. The number of hydrogen-bond acceptors (Lipinski definition) is 2. The van der Waals surface area contributed by atoms with Crippen molar-refractivity contribution in [2.45, 2.75) is 13.5 Å². The largest absolute Gasteiger partial charge is 0.496 e. The Bertz CT molecular complexity index is 646. The highest BCUT2D eigenvalue weighted by Crippen LogP contribution is 2.20. The number of rotatable bonds is 4. The Morgan fingerprint density at radius 3 is 2.71 bits per heavy atom. The fraction of sp³-hybridized carbons (Fsp3) is 0.188. The number of thiocarbonyl (C=S) groups is 1. The lowest BCUT2D eigenvalue weighted by Crippen LogP contribution is -2.28. The van der Waals surface area contributed by atoms with Crippen molar-refractivity contribution in [3.05, 3.63) is 58.1 Å². The van der Waals surface area contributed by atoms with Crippen LogP contribution in [0.3, 0.4) is 0 Å². The fourth-order valence-electron chi connectivity index (χ4n) is 1.92. The van der Waals surface area contributed by atoms with Crippen LogP contribution in [0.25, 0.3) is 0 Å². The number of benzene rings is 2. The molecule has 2 rings (SSSR count). The zero-order valence-electron chi connectivity index (χ0n) is 11.9. The lowest BCUT2D eigenvalue weighted by Gasteiger charge is -2.13. The Kier molecular flexibility index (Phi) is 5.59. The standard InChI is InChI=1S/C16H17BrN2OS/c1-11-9-13(7-8-14(11)17)19-16(21)18-10-12-5-3-4-6-15(12)20-2/h3-9H,10H2,1-2H3,(H2,18,19,21). The summed E-state index contributed by atoms with van der Waals surface area (Å²) in [5, 5.41) is 6.95. The summed E-state index contributed by atoms with van der Waals surface area (Å²) in [6.45, 7) is 2.66. The Balaban J connectivity index is 1.94. The van der Waals surface area contributed by atoms with E-state index in [0.717, 1.165) is 27.0 Å². The van der Waals surface area contributed by atoms with Gasteiger partial charge < -0.3 is 15.4 Å². The van der Waals surface area contributed by atoms with Crippen LogP contribution in [0.4, 0.5) is 5.69 Å². The second-order valence-corrected chi connectivity index (χ2v) is 5.85. The highest BCUT2D eigenvalue weighted by molar-refractivity contribution is 9.10. The van der Waals surface area contributed by atoms with Crippen molar-refractivity contribution >= 4 is 38.9 Å². The molecule has 0 aliphatic heterocycles. The molecule has 3 nitrogen and oxygen atoms in total. The zero-order valence-corrected chi connectivity index (χ0v) is 14.3. The number of para-hydroxylation sites is 1. The van der Waals surface area contributed by atoms with E-state index in [0.29, 0.717) is 11.7 Å². The summed E-state index contributed by atoms with van der Waals surface area (Å²) in [5.41, 5.74) is 3.19. The van der Waals surface area contributed by atoms with Gasteiger partial charge in [0.25, 0.3) is 0 Å². The lowest BCUT2D eigenvalue weighted by atomic mass is 10.2. The molecule has 0 saturated heterocycles. The average molecular weight is 365 g/mol. The third-order valence-electron chi connectivity index (χ3n) is 3.05. The van der Waals surface area contributed by atoms with Crippen molar-refractivity contribution in [2.24, 2.45) is 0 Å². The van der Waals surface area contributed by atoms with Crippen LogP contribution in [0.5, 0.6) is 5.75 Å². The van der Waals surface area contributed by atoms with Gasteiger partial charge in [-0.1, -0.05) is 34.1 Å². The first kappa shape index (κ1) is 15.8. The number of hydrogen-bond donors (Lipinski definition) is 2. The predicted molar refractivity (Wildman–Crippen MR) is 94.9 cm³/mol. The molecule has 0 radical (unpaired) electrons. The molecule has 0 spiro atoms. The van der Waals surface area contributed by atoms with Gasteiger partial charge in [0.2, 0.25) is 0 Å². The molecule has 0 aliphatic carbocycles. The van der Waals surface area contributed by atoms with Crippen LogP contribution < -0.4 is 15.4 Å². The molecule has 0 atom stereocenters. The van der Waals surface area contributed by atoms with E-state index in [9.17, 15) is 0 Å². The molecule has 0 unspecified atom stereocenters. The highest BCUT2D eigenvalue weighted by atomic mass is 79.9. The summed E-state index contributed by atoms with van der Waals surface area (Å²) in [7, 11) is 1.67. The monoisotopic (exact) mass is 364 g/mol. The smallest absolute Gasteiger partial charge is 0.171 e. The van der Waals surface area contributed by atoms with Crippen molar-refractivity contribution in [3.8, 4) is 5.75 Å². The van der Waals surface area contributed by atoms with E-state index in [1.54, 1.807) is 7.11 Å². The first-order valence-electron chi connectivity index (χ1n) is 6.53. The summed E-state index contributed by atoms with van der Waals surface area (Å²) in [5.74, 6) is 0.854. The maximum absolute atomic E-state index is 5.32. The number of ether oxygens (including phenoxy) is 1. The summed E-state index contributed by atoms with van der Waals surface area (Å²) in [6, 6.07) is 13.9. The average Bonchev–Trinajstić information content (AvgIpc) is 2.49. The SMILES string of the molecule is COc1ccccc1CNC(=S)Nc1ccc(Br)c(C)c1. The van der Waals surface area contributed by atoms with Gasteiger partial charge >= 0.3 is 0 Å². The molecule has 0 fully saturated rings. The van der Waals surface area contributed by atoms with Gasteiger partial charge in [-0.3, -0.25) is 0 Å². The molecule has 2 aromatic carbocycles. The Hall–Kier alpha value is -1.59. The van der Waals surface area contributed by atoms with E-state index in [-0.39, 0.29) is 0 Å². The lowest BCUT2D eigenvalue weighted by molar-refractivity contribution is 0.409. The zero-order chi connectivity index (χ0) is 15.2. The van der Waals surface area contributed by atoms with Crippen molar-refractivity contribution in [1.29, 1.82) is 0 Å². The third-order valence-corrected chi connectivity index (χ3v) is 4.18. The molecule has 0 saturated carbocycles. The van der Waals surface area contributed by atoms with Gasteiger partial charge in [0.05, 0.1) is 7.11 Å². The van der Waals surface area contributed by atoms with E-state index in [4.69, 9.17) is 17.0 Å². The van der Waals surface area contributed by atoms with Gasteiger partial charge in [-0.25, -0.2) is 0 Å². The summed E-state index contributed by atoms with van der Waals surface area (Å²) >= 11 is 8.80. The second kappa shape index (κ2) is 7.43. The van der Waals surface area contributed by atoms with Gasteiger partial charge in [-0.2, -0.15) is 0 Å². The van der Waals surface area contributed by atoms with Gasteiger partial charge in [0.15, 0.2) is 5.11 Å². The first-order valence-corrected chi connectivity index (χ1v) is 7.73. The van der Waals surface area contributed by atoms with Crippen LogP contribution in [0.2, 0.25) is 0 Å². The molecule has 21 heavy (non-hydrogen) atoms. The number of nitrogens with one attached hydrogen (secondary N) is 2. The molecule has 0 heterocycles. The number of halogens is 1. The number of methoxy groups -OCH3 is 1. The van der Waals surface area contributed by atoms with Gasteiger partial charge in [0.1, 0.15) is 5.75 Å². The van der Waals surface area contributed by atoms with Gasteiger partial charge in [-0.15, -0.1) is 0 Å². The quantitative estimate of drug-likeness (QED) is 0.794. The van der Waals surface area contributed by atoms with Crippen molar-refractivity contribution in [3.63, 3.8) is 0 Å². The molecule has 0 amide bonds. The van der Waals surface area contributed by atoms with Crippen molar-refractivity contribution in [2.75, 3.05) is 12.4 Å². The van der Waals surface area contributed by atoms with Gasteiger partial charge in [0, 0.05) is 22.3 Å². The number of aryl methyl sites for hydroxylation is 1. The van der Waals surface area contributed by atoms with E-state index < -0.39 is 0 Å². The predicted octanol–water partition coefficient (Wildman–Crippen LogP) is 4.25. The molecule has 5 heteroatoms. The minimum atomic E-state index is 0.586. The third kappa shape index (κ3) is 4.44. The van der Waals surface area contributed by atoms with Crippen LogP contribution in [0.1, 0.15) is 11.1 Å². The topological polar surface area (TPSA) is 33.3 Å². The minimum Gasteiger partial charge on any atom is -0.496 e. The second-order valence-electron chi connectivity index (χ2n) is 4.58. The van der Waals surface area contributed by atoms with E-state index in [2.05, 4.69) is 26.6 Å². The highest BCUT2D eigenvalue weighted by Gasteiger charge is 2.03. The van der Waals surface area contributed by atoms with E-state index in [1.165, 1.54) is 0 Å². The minimum absolute atomic E-state index is 0.586. The molecular formula is C16H17BrN2OS. The molecule has 0 aromatic heterocycles. The van der Waals surface area contributed by atoms with E-state index in [1.807, 2.05) is 49.4 Å². The van der Waals surface area contributed by atoms with Crippen LogP contribution >= 0.6 is 28.1 Å². The van der Waals surface area contributed by atoms with Crippen molar-refractivity contribution in [1.82, 2.24) is 5.32 Å². The van der Waals surface area contributed by atoms with Gasteiger partial charge in [-0.05, 0) is 49.0 Å². The Morgan fingerprint density at radius 1 is 1.24 bits per heavy atom. The van der Waals surface area contributed by atoms with Crippen molar-refractivity contribution < 1.29 is 4.74 Å². The van der Waals surface area contributed by atoms with Crippen LogP contribution in [-0.2, 0) is 6.54 Å². The number of anilines is 1. The maximum atomic E-state index is 5.32.